The van der Waals surface area contributed by atoms with Crippen LogP contribution < -0.4 is 0 Å². The van der Waals surface area contributed by atoms with Crippen molar-refractivity contribution in [1.29, 1.82) is 0 Å². The summed E-state index contributed by atoms with van der Waals surface area (Å²) in [6, 6.07) is 7.68. The molecule has 0 spiro atoms. The highest BCUT2D eigenvalue weighted by Gasteiger charge is 2.13. The summed E-state index contributed by atoms with van der Waals surface area (Å²) in [5.41, 5.74) is 1.87. The molecule has 0 fully saturated rings. The Morgan fingerprint density at radius 2 is 1.61 bits per heavy atom. The predicted octanol–water partition coefficient (Wildman–Crippen LogP) is 4.40. The smallest absolute Gasteiger partial charge is 0.338 e. The van der Waals surface area contributed by atoms with Crippen LogP contribution in [0.4, 0.5) is 0 Å². The van der Waals surface area contributed by atoms with Crippen LogP contribution in [0.25, 0.3) is 0 Å². The normalized spacial score (nSPS) is 12.8. The molecule has 0 heterocycles. The summed E-state index contributed by atoms with van der Waals surface area (Å²) >= 11 is 0. The van der Waals surface area contributed by atoms with E-state index in [1.807, 2.05) is 31.2 Å². The molecule has 2 nitrogen and oxygen atoms in total. The molecule has 0 aliphatic rings. The van der Waals surface area contributed by atoms with Gasteiger partial charge in [0.05, 0.1) is 11.7 Å². The molecule has 1 rings (SSSR count). The van der Waals surface area contributed by atoms with Crippen LogP contribution in [-0.4, -0.2) is 12.1 Å². The molecule has 0 amide bonds. The molecular weight excluding hydrogens is 224 g/mol. The Balaban J connectivity index is 2.61. The van der Waals surface area contributed by atoms with Gasteiger partial charge >= 0.3 is 5.97 Å². The largest absolute Gasteiger partial charge is 0.459 e. The Morgan fingerprint density at radius 3 is 2.06 bits per heavy atom. The Hall–Kier alpha value is -1.31. The maximum Gasteiger partial charge on any atom is 0.338 e. The summed E-state index contributed by atoms with van der Waals surface area (Å²) in [5.74, 6) is 0.796. The summed E-state index contributed by atoms with van der Waals surface area (Å²) in [5, 5.41) is 0. The Labute approximate surface area is 110 Å². The molecule has 1 unspecified atom stereocenters. The average Bonchev–Trinajstić information content (AvgIpc) is 2.27. The summed E-state index contributed by atoms with van der Waals surface area (Å²) in [6.45, 7) is 10.5. The van der Waals surface area contributed by atoms with E-state index in [0.717, 1.165) is 6.42 Å². The highest BCUT2D eigenvalue weighted by Crippen LogP contribution is 2.16. The summed E-state index contributed by atoms with van der Waals surface area (Å²) in [6.07, 6.45) is 0.873. The third-order valence-corrected chi connectivity index (χ3v) is 2.92. The van der Waals surface area contributed by atoms with E-state index in [2.05, 4.69) is 27.7 Å². The van der Waals surface area contributed by atoms with E-state index in [-0.39, 0.29) is 12.1 Å². The molecule has 0 aromatic heterocycles. The lowest BCUT2D eigenvalue weighted by molar-refractivity contribution is 0.0299. The number of esters is 1. The minimum absolute atomic E-state index is 0.0257. The zero-order chi connectivity index (χ0) is 13.7. The van der Waals surface area contributed by atoms with Crippen LogP contribution in [0, 0.1) is 5.92 Å². The Morgan fingerprint density at radius 1 is 1.06 bits per heavy atom. The number of hydrogen-bond acceptors (Lipinski definition) is 2. The lowest BCUT2D eigenvalue weighted by Crippen LogP contribution is -2.17. The summed E-state index contributed by atoms with van der Waals surface area (Å²) in [4.78, 5) is 11.9. The van der Waals surface area contributed by atoms with Crippen molar-refractivity contribution >= 4 is 5.97 Å². The van der Waals surface area contributed by atoms with Gasteiger partial charge in [0.25, 0.3) is 0 Å². The SMILES string of the molecule is CC(C)CC(C)OC(=O)c1ccc(C(C)C)cc1. The van der Waals surface area contributed by atoms with Gasteiger partial charge in [0, 0.05) is 0 Å². The van der Waals surface area contributed by atoms with E-state index in [1.54, 1.807) is 0 Å². The van der Waals surface area contributed by atoms with Crippen molar-refractivity contribution in [3.63, 3.8) is 0 Å². The molecule has 100 valence electrons. The zero-order valence-corrected chi connectivity index (χ0v) is 12.1. The quantitative estimate of drug-likeness (QED) is 0.722. The van der Waals surface area contributed by atoms with Crippen molar-refractivity contribution in [3.05, 3.63) is 35.4 Å². The standard InChI is InChI=1S/C16H24O2/c1-11(2)10-13(5)18-16(17)15-8-6-14(7-9-15)12(3)4/h6-9,11-13H,10H2,1-5H3. The van der Waals surface area contributed by atoms with Gasteiger partial charge in [-0.3, -0.25) is 0 Å². The number of hydrogen-bond donors (Lipinski definition) is 0. The maximum atomic E-state index is 11.9. The number of benzene rings is 1. The van der Waals surface area contributed by atoms with Gasteiger partial charge in [0.2, 0.25) is 0 Å². The fourth-order valence-electron chi connectivity index (χ4n) is 1.97. The van der Waals surface area contributed by atoms with Crippen molar-refractivity contribution in [2.24, 2.45) is 5.92 Å². The molecular formula is C16H24O2. The average molecular weight is 248 g/mol. The lowest BCUT2D eigenvalue weighted by atomic mass is 10.0. The molecule has 0 aliphatic heterocycles. The molecule has 0 N–H and O–H groups in total. The van der Waals surface area contributed by atoms with Crippen LogP contribution in [0.5, 0.6) is 0 Å². The van der Waals surface area contributed by atoms with E-state index < -0.39 is 0 Å². The molecule has 2 heteroatoms. The number of rotatable bonds is 5. The van der Waals surface area contributed by atoms with Gasteiger partial charge < -0.3 is 4.74 Å². The first-order chi connectivity index (χ1) is 8.40. The number of carbonyl (C=O) groups is 1. The van der Waals surface area contributed by atoms with E-state index in [4.69, 9.17) is 4.74 Å². The molecule has 0 bridgehead atoms. The second kappa shape index (κ2) is 6.58. The second-order valence-corrected chi connectivity index (χ2v) is 5.62. The highest BCUT2D eigenvalue weighted by molar-refractivity contribution is 5.89. The molecule has 0 saturated heterocycles. The van der Waals surface area contributed by atoms with E-state index in [0.29, 0.717) is 17.4 Å². The van der Waals surface area contributed by atoms with Gasteiger partial charge in [-0.05, 0) is 42.9 Å². The number of carbonyl (C=O) groups excluding carboxylic acids is 1. The van der Waals surface area contributed by atoms with Crippen LogP contribution in [0.3, 0.4) is 0 Å². The minimum Gasteiger partial charge on any atom is -0.459 e. The van der Waals surface area contributed by atoms with Crippen molar-refractivity contribution in [2.75, 3.05) is 0 Å². The molecule has 0 radical (unpaired) electrons. The molecule has 18 heavy (non-hydrogen) atoms. The van der Waals surface area contributed by atoms with E-state index in [9.17, 15) is 4.79 Å². The third kappa shape index (κ3) is 4.52. The van der Waals surface area contributed by atoms with Crippen LogP contribution in [0.15, 0.2) is 24.3 Å². The number of ether oxygens (including phenoxy) is 1. The van der Waals surface area contributed by atoms with Crippen molar-refractivity contribution in [2.45, 2.75) is 53.1 Å². The Bertz CT molecular complexity index is 377. The summed E-state index contributed by atoms with van der Waals surface area (Å²) < 4.78 is 5.41. The lowest BCUT2D eigenvalue weighted by Gasteiger charge is -2.15. The van der Waals surface area contributed by atoms with E-state index >= 15 is 0 Å². The Kier molecular flexibility index (Phi) is 5.39. The van der Waals surface area contributed by atoms with Crippen LogP contribution >= 0.6 is 0 Å². The first-order valence-corrected chi connectivity index (χ1v) is 6.71. The summed E-state index contributed by atoms with van der Waals surface area (Å²) in [7, 11) is 0. The highest BCUT2D eigenvalue weighted by atomic mass is 16.5. The third-order valence-electron chi connectivity index (χ3n) is 2.92. The van der Waals surface area contributed by atoms with Gasteiger partial charge in [-0.15, -0.1) is 0 Å². The topological polar surface area (TPSA) is 26.3 Å². The molecule has 1 aromatic carbocycles. The fraction of sp³-hybridized carbons (Fsp3) is 0.562. The first kappa shape index (κ1) is 14.7. The monoisotopic (exact) mass is 248 g/mol. The van der Waals surface area contributed by atoms with Gasteiger partial charge in [-0.2, -0.15) is 0 Å². The second-order valence-electron chi connectivity index (χ2n) is 5.62. The predicted molar refractivity (Wildman–Crippen MR) is 74.9 cm³/mol. The van der Waals surface area contributed by atoms with Crippen LogP contribution in [-0.2, 0) is 4.74 Å². The van der Waals surface area contributed by atoms with Gasteiger partial charge in [-0.1, -0.05) is 39.8 Å². The minimum atomic E-state index is -0.224. The van der Waals surface area contributed by atoms with Crippen molar-refractivity contribution in [1.82, 2.24) is 0 Å². The molecule has 1 aromatic rings. The van der Waals surface area contributed by atoms with Crippen LogP contribution in [0.1, 0.15) is 62.9 Å². The maximum absolute atomic E-state index is 11.9. The van der Waals surface area contributed by atoms with E-state index in [1.165, 1.54) is 5.56 Å². The molecule has 1 atom stereocenters. The van der Waals surface area contributed by atoms with Gasteiger partial charge in [0.1, 0.15) is 0 Å². The van der Waals surface area contributed by atoms with Gasteiger partial charge in [0.15, 0.2) is 0 Å². The zero-order valence-electron chi connectivity index (χ0n) is 12.1. The van der Waals surface area contributed by atoms with Crippen LogP contribution in [0.2, 0.25) is 0 Å². The fourth-order valence-corrected chi connectivity index (χ4v) is 1.97. The van der Waals surface area contributed by atoms with Crippen molar-refractivity contribution in [3.8, 4) is 0 Å². The van der Waals surface area contributed by atoms with Crippen molar-refractivity contribution < 1.29 is 9.53 Å². The van der Waals surface area contributed by atoms with Gasteiger partial charge in [-0.25, -0.2) is 4.79 Å². The molecule has 0 saturated carbocycles. The first-order valence-electron chi connectivity index (χ1n) is 6.71. The molecule has 0 aliphatic carbocycles.